The van der Waals surface area contributed by atoms with Crippen molar-refractivity contribution in [2.75, 3.05) is 11.5 Å². The lowest BCUT2D eigenvalue weighted by atomic mass is 10.1. The summed E-state index contributed by atoms with van der Waals surface area (Å²) >= 11 is 0. The van der Waals surface area contributed by atoms with Crippen LogP contribution in [0.1, 0.15) is 0 Å². The Morgan fingerprint density at radius 1 is 1.16 bits per heavy atom. The maximum atomic E-state index is 13.8. The van der Waals surface area contributed by atoms with Gasteiger partial charge in [-0.25, -0.2) is 9.37 Å². The van der Waals surface area contributed by atoms with Crippen LogP contribution >= 0.6 is 0 Å². The second-order valence-electron chi connectivity index (χ2n) is 3.94. The first-order chi connectivity index (χ1) is 9.06. The van der Waals surface area contributed by atoms with Crippen LogP contribution < -0.4 is 17.0 Å². The summed E-state index contributed by atoms with van der Waals surface area (Å²) in [6.45, 7) is 0. The number of aromatic nitrogens is 4. The normalized spacial score (nSPS) is 11.0. The van der Waals surface area contributed by atoms with Gasteiger partial charge >= 0.3 is 0 Å². The Balaban J connectivity index is 2.33. The summed E-state index contributed by atoms with van der Waals surface area (Å²) < 4.78 is 13.8. The molecule has 0 saturated carbocycles. The number of fused-ring (bicyclic) bond motifs is 1. The summed E-state index contributed by atoms with van der Waals surface area (Å²) in [6, 6.07) is 4.28. The lowest BCUT2D eigenvalue weighted by molar-refractivity contribution is 0.631. The fraction of sp³-hybridized carbons (Fsp3) is 0. The molecule has 0 saturated heterocycles. The number of hydrogen-bond donors (Lipinski definition) is 4. The van der Waals surface area contributed by atoms with Gasteiger partial charge in [-0.2, -0.15) is 4.98 Å². The van der Waals surface area contributed by atoms with Crippen LogP contribution in [0.25, 0.3) is 22.6 Å². The van der Waals surface area contributed by atoms with E-state index in [1.807, 2.05) is 0 Å². The molecule has 0 aliphatic carbocycles. The van der Waals surface area contributed by atoms with E-state index >= 15 is 0 Å². The average Bonchev–Trinajstić information content (AvgIpc) is 2.72. The molecule has 8 heteroatoms. The predicted molar refractivity (Wildman–Crippen MR) is 68.7 cm³/mol. The minimum Gasteiger partial charge on any atom is -0.398 e. The van der Waals surface area contributed by atoms with Crippen LogP contribution in [-0.2, 0) is 0 Å². The molecule has 0 radical (unpaired) electrons. The zero-order chi connectivity index (χ0) is 13.6. The van der Waals surface area contributed by atoms with Gasteiger partial charge < -0.3 is 16.5 Å². The quantitative estimate of drug-likeness (QED) is 0.477. The zero-order valence-corrected chi connectivity index (χ0v) is 9.57. The molecule has 0 fully saturated rings. The maximum Gasteiger partial charge on any atom is 0.278 e. The Morgan fingerprint density at radius 3 is 2.68 bits per heavy atom. The van der Waals surface area contributed by atoms with E-state index in [0.29, 0.717) is 0 Å². The molecule has 0 bridgehead atoms. The molecule has 3 rings (SSSR count). The fourth-order valence-corrected chi connectivity index (χ4v) is 1.83. The molecule has 19 heavy (non-hydrogen) atoms. The van der Waals surface area contributed by atoms with Crippen LogP contribution in [-0.4, -0.2) is 19.9 Å². The van der Waals surface area contributed by atoms with Crippen molar-refractivity contribution < 1.29 is 4.39 Å². The standard InChI is InChI=1S/C11H9FN6O/c12-4-2-1-3-5(13)6(4)8-15-7-9(16-8)17-11(14)18-10(7)19/h1-3H,13H2,(H4,14,15,16,17,18,19). The smallest absolute Gasteiger partial charge is 0.278 e. The first kappa shape index (κ1) is 11.2. The number of imidazole rings is 1. The van der Waals surface area contributed by atoms with Gasteiger partial charge in [-0.05, 0) is 12.1 Å². The number of aromatic amines is 2. The molecular weight excluding hydrogens is 251 g/mol. The third kappa shape index (κ3) is 1.69. The van der Waals surface area contributed by atoms with Gasteiger partial charge in [0.1, 0.15) is 11.6 Å². The summed E-state index contributed by atoms with van der Waals surface area (Å²) in [5.74, 6) is -0.463. The van der Waals surface area contributed by atoms with Crippen LogP contribution in [0.5, 0.6) is 0 Å². The molecule has 1 aromatic carbocycles. The van der Waals surface area contributed by atoms with E-state index in [9.17, 15) is 9.18 Å². The number of hydrogen-bond acceptors (Lipinski definition) is 5. The second kappa shape index (κ2) is 3.80. The minimum atomic E-state index is -0.538. The van der Waals surface area contributed by atoms with Crippen molar-refractivity contribution in [1.29, 1.82) is 0 Å². The van der Waals surface area contributed by atoms with Gasteiger partial charge in [-0.15, -0.1) is 0 Å². The van der Waals surface area contributed by atoms with Crippen molar-refractivity contribution in [3.05, 3.63) is 34.4 Å². The van der Waals surface area contributed by atoms with E-state index in [1.165, 1.54) is 18.2 Å². The van der Waals surface area contributed by atoms with Crippen molar-refractivity contribution in [1.82, 2.24) is 19.9 Å². The van der Waals surface area contributed by atoms with Gasteiger partial charge in [0.05, 0.1) is 5.56 Å². The van der Waals surface area contributed by atoms with Crippen LogP contribution in [0.2, 0.25) is 0 Å². The molecule has 0 amide bonds. The molecule has 96 valence electrons. The largest absolute Gasteiger partial charge is 0.398 e. The topological polar surface area (TPSA) is 126 Å². The third-order valence-electron chi connectivity index (χ3n) is 2.66. The molecule has 0 aliphatic rings. The first-order valence-electron chi connectivity index (χ1n) is 5.36. The molecule has 3 aromatic rings. The summed E-state index contributed by atoms with van der Waals surface area (Å²) in [5, 5.41) is 0. The highest BCUT2D eigenvalue weighted by molar-refractivity contribution is 5.80. The molecule has 0 aliphatic heterocycles. The molecule has 0 unspecified atom stereocenters. The second-order valence-corrected chi connectivity index (χ2v) is 3.94. The van der Waals surface area contributed by atoms with Crippen molar-refractivity contribution in [3.8, 4) is 11.4 Å². The highest BCUT2D eigenvalue weighted by atomic mass is 19.1. The van der Waals surface area contributed by atoms with Gasteiger partial charge in [0.15, 0.2) is 11.2 Å². The molecule has 7 nitrogen and oxygen atoms in total. The number of rotatable bonds is 1. The number of nitrogens with two attached hydrogens (primary N) is 2. The van der Waals surface area contributed by atoms with Gasteiger partial charge in [-0.1, -0.05) is 6.07 Å². The highest BCUT2D eigenvalue weighted by Crippen LogP contribution is 2.27. The zero-order valence-electron chi connectivity index (χ0n) is 9.57. The van der Waals surface area contributed by atoms with Crippen molar-refractivity contribution in [3.63, 3.8) is 0 Å². The summed E-state index contributed by atoms with van der Waals surface area (Å²) in [5.41, 5.74) is 11.2. The predicted octanol–water partition coefficient (Wildman–Crippen LogP) is 0.617. The minimum absolute atomic E-state index is 0.0583. The number of nitrogens with zero attached hydrogens (tertiary/aromatic N) is 2. The number of nitrogen functional groups attached to an aromatic ring is 2. The van der Waals surface area contributed by atoms with E-state index in [4.69, 9.17) is 11.5 Å². The Labute approximate surface area is 105 Å². The lowest BCUT2D eigenvalue weighted by Crippen LogP contribution is -2.10. The highest BCUT2D eigenvalue weighted by Gasteiger charge is 2.15. The number of nitrogens with one attached hydrogen (secondary N) is 2. The molecule has 2 aromatic heterocycles. The monoisotopic (exact) mass is 260 g/mol. The summed E-state index contributed by atoms with van der Waals surface area (Å²) in [4.78, 5) is 24.6. The van der Waals surface area contributed by atoms with Crippen LogP contribution in [0.4, 0.5) is 16.0 Å². The maximum absolute atomic E-state index is 13.8. The van der Waals surface area contributed by atoms with E-state index in [0.717, 1.165) is 0 Å². The molecule has 0 spiro atoms. The van der Waals surface area contributed by atoms with Crippen LogP contribution in [0.3, 0.4) is 0 Å². The lowest BCUT2D eigenvalue weighted by Gasteiger charge is -2.02. The number of anilines is 2. The van der Waals surface area contributed by atoms with Crippen LogP contribution in [0, 0.1) is 5.82 Å². The van der Waals surface area contributed by atoms with Crippen LogP contribution in [0.15, 0.2) is 23.0 Å². The Bertz CT molecular complexity index is 817. The number of H-pyrrole nitrogens is 2. The SMILES string of the molecule is Nc1nc2nc(-c3c(N)cccc3F)[nH]c2c(=O)[nH]1. The number of halogens is 1. The Morgan fingerprint density at radius 2 is 1.95 bits per heavy atom. The van der Waals surface area contributed by atoms with Crippen molar-refractivity contribution >= 4 is 22.8 Å². The van der Waals surface area contributed by atoms with Crippen molar-refractivity contribution in [2.45, 2.75) is 0 Å². The number of benzene rings is 1. The van der Waals surface area contributed by atoms with E-state index in [1.54, 1.807) is 0 Å². The first-order valence-corrected chi connectivity index (χ1v) is 5.36. The van der Waals surface area contributed by atoms with Gasteiger partial charge in [0.25, 0.3) is 5.56 Å². The van der Waals surface area contributed by atoms with Gasteiger partial charge in [0, 0.05) is 5.69 Å². The molecule has 2 heterocycles. The molecule has 6 N–H and O–H groups in total. The summed E-state index contributed by atoms with van der Waals surface area (Å²) in [6.07, 6.45) is 0. The average molecular weight is 260 g/mol. The fourth-order valence-electron chi connectivity index (χ4n) is 1.83. The molecular formula is C11H9FN6O. The van der Waals surface area contributed by atoms with E-state index in [-0.39, 0.29) is 34.2 Å². The summed E-state index contributed by atoms with van der Waals surface area (Å²) in [7, 11) is 0. The Hall–Kier alpha value is -2.90. The Kier molecular flexibility index (Phi) is 2.24. The third-order valence-corrected chi connectivity index (χ3v) is 2.66. The van der Waals surface area contributed by atoms with Gasteiger partial charge in [0.2, 0.25) is 5.95 Å². The van der Waals surface area contributed by atoms with E-state index in [2.05, 4.69) is 19.9 Å². The van der Waals surface area contributed by atoms with Crippen molar-refractivity contribution in [2.24, 2.45) is 0 Å². The molecule has 0 atom stereocenters. The van der Waals surface area contributed by atoms with Gasteiger partial charge in [-0.3, -0.25) is 9.78 Å². The van der Waals surface area contributed by atoms with E-state index < -0.39 is 11.4 Å².